The van der Waals surface area contributed by atoms with Crippen LogP contribution in [0.1, 0.15) is 38.5 Å². The first-order valence-electron chi connectivity index (χ1n) is 7.45. The molecule has 0 spiro atoms. The highest BCUT2D eigenvalue weighted by Crippen LogP contribution is 2.33. The van der Waals surface area contributed by atoms with Crippen molar-refractivity contribution in [1.82, 2.24) is 10.3 Å². The lowest BCUT2D eigenvalue weighted by molar-refractivity contribution is 0.262. The molecular formula is C15H22ClN3. The van der Waals surface area contributed by atoms with Gasteiger partial charge in [0, 0.05) is 18.3 Å². The van der Waals surface area contributed by atoms with Gasteiger partial charge in [-0.1, -0.05) is 24.4 Å². The molecule has 2 heterocycles. The molecule has 3 unspecified atom stereocenters. The average molecular weight is 280 g/mol. The minimum atomic E-state index is 0.533. The third kappa shape index (κ3) is 3.03. The summed E-state index contributed by atoms with van der Waals surface area (Å²) in [6.45, 7) is 1.18. The maximum Gasteiger partial charge on any atom is 0.152 e. The minimum Gasteiger partial charge on any atom is -0.379 e. The first-order valence-corrected chi connectivity index (χ1v) is 7.83. The fourth-order valence-corrected chi connectivity index (χ4v) is 3.76. The van der Waals surface area contributed by atoms with Gasteiger partial charge in [0.1, 0.15) is 0 Å². The summed E-state index contributed by atoms with van der Waals surface area (Å²) < 4.78 is 0. The van der Waals surface area contributed by atoms with E-state index in [4.69, 9.17) is 11.6 Å². The van der Waals surface area contributed by atoms with Gasteiger partial charge in [0.2, 0.25) is 0 Å². The number of hydrogen-bond acceptors (Lipinski definition) is 3. The third-order valence-corrected chi connectivity index (χ3v) is 4.84. The summed E-state index contributed by atoms with van der Waals surface area (Å²) in [6.07, 6.45) is 9.64. The van der Waals surface area contributed by atoms with E-state index >= 15 is 0 Å². The highest BCUT2D eigenvalue weighted by Gasteiger charge is 2.33. The van der Waals surface area contributed by atoms with Crippen molar-refractivity contribution in [3.05, 3.63) is 23.5 Å². The number of halogens is 1. The van der Waals surface area contributed by atoms with Crippen molar-refractivity contribution in [2.24, 2.45) is 5.92 Å². The number of pyridine rings is 1. The Bertz CT molecular complexity index is 418. The molecule has 1 saturated carbocycles. The Morgan fingerprint density at radius 1 is 1.21 bits per heavy atom. The van der Waals surface area contributed by atoms with E-state index in [1.54, 1.807) is 6.20 Å². The zero-order valence-electron chi connectivity index (χ0n) is 11.2. The Hall–Kier alpha value is -0.800. The fourth-order valence-electron chi connectivity index (χ4n) is 3.59. The van der Waals surface area contributed by atoms with Crippen molar-refractivity contribution in [3.8, 4) is 0 Å². The molecule has 19 heavy (non-hydrogen) atoms. The van der Waals surface area contributed by atoms with Gasteiger partial charge < -0.3 is 10.6 Å². The molecule has 1 aliphatic carbocycles. The molecule has 0 amide bonds. The SMILES string of the molecule is Clc1ncccc1NC1CCCCC1C1CCCN1. The maximum absolute atomic E-state index is 6.16. The summed E-state index contributed by atoms with van der Waals surface area (Å²) in [5, 5.41) is 7.90. The number of nitrogens with one attached hydrogen (secondary N) is 2. The monoisotopic (exact) mass is 279 g/mol. The van der Waals surface area contributed by atoms with E-state index < -0.39 is 0 Å². The quantitative estimate of drug-likeness (QED) is 0.832. The lowest BCUT2D eigenvalue weighted by atomic mass is 9.79. The second-order valence-corrected chi connectivity index (χ2v) is 6.10. The van der Waals surface area contributed by atoms with E-state index in [0.29, 0.717) is 17.2 Å². The van der Waals surface area contributed by atoms with Crippen molar-refractivity contribution in [1.29, 1.82) is 0 Å². The van der Waals surface area contributed by atoms with E-state index in [1.807, 2.05) is 12.1 Å². The molecule has 0 radical (unpaired) electrons. The lowest BCUT2D eigenvalue weighted by Gasteiger charge is -2.36. The number of nitrogens with zero attached hydrogens (tertiary/aromatic N) is 1. The van der Waals surface area contributed by atoms with Gasteiger partial charge in [0.05, 0.1) is 5.69 Å². The van der Waals surface area contributed by atoms with Gasteiger partial charge >= 0.3 is 0 Å². The predicted octanol–water partition coefficient (Wildman–Crippen LogP) is 3.46. The van der Waals surface area contributed by atoms with Gasteiger partial charge in [0.25, 0.3) is 0 Å². The Morgan fingerprint density at radius 3 is 2.89 bits per heavy atom. The Balaban J connectivity index is 1.71. The van der Waals surface area contributed by atoms with E-state index in [9.17, 15) is 0 Å². The highest BCUT2D eigenvalue weighted by atomic mass is 35.5. The van der Waals surface area contributed by atoms with Crippen LogP contribution in [0.15, 0.2) is 18.3 Å². The van der Waals surface area contributed by atoms with Gasteiger partial charge in [-0.05, 0) is 50.3 Å². The molecule has 1 aliphatic heterocycles. The summed E-state index contributed by atoms with van der Waals surface area (Å²) in [5.41, 5.74) is 0.985. The predicted molar refractivity (Wildman–Crippen MR) is 79.6 cm³/mol. The molecule has 0 aromatic carbocycles. The molecule has 1 saturated heterocycles. The van der Waals surface area contributed by atoms with E-state index in [2.05, 4.69) is 15.6 Å². The Kier molecular flexibility index (Phi) is 4.24. The normalized spacial score (nSPS) is 31.3. The zero-order chi connectivity index (χ0) is 13.1. The molecule has 0 bridgehead atoms. The molecule has 3 atom stereocenters. The van der Waals surface area contributed by atoms with Gasteiger partial charge in [-0.25, -0.2) is 4.98 Å². The van der Waals surface area contributed by atoms with E-state index in [0.717, 1.165) is 11.6 Å². The molecule has 2 N–H and O–H groups in total. The summed E-state index contributed by atoms with van der Waals surface area (Å²) in [5.74, 6) is 0.729. The topological polar surface area (TPSA) is 37.0 Å². The molecule has 2 fully saturated rings. The van der Waals surface area contributed by atoms with Gasteiger partial charge in [0.15, 0.2) is 5.15 Å². The van der Waals surface area contributed by atoms with Crippen molar-refractivity contribution >= 4 is 17.3 Å². The first kappa shape index (κ1) is 13.2. The standard InChI is InChI=1S/C15H22ClN3/c16-15-14(8-4-10-18-15)19-13-6-2-1-5-11(13)12-7-3-9-17-12/h4,8,10-13,17,19H,1-3,5-7,9H2. The van der Waals surface area contributed by atoms with Crippen LogP contribution in [0.25, 0.3) is 0 Å². The third-order valence-electron chi connectivity index (χ3n) is 4.53. The largest absolute Gasteiger partial charge is 0.379 e. The average Bonchev–Trinajstić information content (AvgIpc) is 2.96. The summed E-state index contributed by atoms with van der Waals surface area (Å²) in [7, 11) is 0. The van der Waals surface area contributed by atoms with Crippen LogP contribution in [0.4, 0.5) is 5.69 Å². The van der Waals surface area contributed by atoms with Crippen LogP contribution in [-0.4, -0.2) is 23.6 Å². The lowest BCUT2D eigenvalue weighted by Crippen LogP contribution is -2.43. The molecule has 1 aromatic rings. The second kappa shape index (κ2) is 6.10. The van der Waals surface area contributed by atoms with Crippen molar-refractivity contribution in [2.75, 3.05) is 11.9 Å². The molecular weight excluding hydrogens is 258 g/mol. The van der Waals surface area contributed by atoms with Crippen molar-refractivity contribution in [3.63, 3.8) is 0 Å². The maximum atomic E-state index is 6.16. The number of rotatable bonds is 3. The van der Waals surface area contributed by atoms with Crippen LogP contribution in [-0.2, 0) is 0 Å². The smallest absolute Gasteiger partial charge is 0.152 e. The van der Waals surface area contributed by atoms with Crippen LogP contribution in [0.3, 0.4) is 0 Å². The van der Waals surface area contributed by atoms with Gasteiger partial charge in [-0.2, -0.15) is 0 Å². The summed E-state index contributed by atoms with van der Waals surface area (Å²) >= 11 is 6.16. The minimum absolute atomic E-state index is 0.533. The number of hydrogen-bond donors (Lipinski definition) is 2. The molecule has 104 valence electrons. The molecule has 1 aromatic heterocycles. The fraction of sp³-hybridized carbons (Fsp3) is 0.667. The van der Waals surface area contributed by atoms with Gasteiger partial charge in [-0.3, -0.25) is 0 Å². The van der Waals surface area contributed by atoms with Crippen molar-refractivity contribution < 1.29 is 0 Å². The van der Waals surface area contributed by atoms with E-state index in [-0.39, 0.29) is 0 Å². The Labute approximate surface area is 120 Å². The molecule has 3 rings (SSSR count). The summed E-state index contributed by atoms with van der Waals surface area (Å²) in [6, 6.07) is 5.20. The van der Waals surface area contributed by atoms with E-state index in [1.165, 1.54) is 45.1 Å². The molecule has 2 aliphatic rings. The Morgan fingerprint density at radius 2 is 2.11 bits per heavy atom. The number of aromatic nitrogens is 1. The van der Waals surface area contributed by atoms with Gasteiger partial charge in [-0.15, -0.1) is 0 Å². The second-order valence-electron chi connectivity index (χ2n) is 5.74. The van der Waals surface area contributed by atoms with Crippen LogP contribution >= 0.6 is 11.6 Å². The van der Waals surface area contributed by atoms with Crippen LogP contribution in [0.5, 0.6) is 0 Å². The van der Waals surface area contributed by atoms with Crippen LogP contribution in [0, 0.1) is 5.92 Å². The van der Waals surface area contributed by atoms with Crippen molar-refractivity contribution in [2.45, 2.75) is 50.6 Å². The molecule has 4 heteroatoms. The summed E-state index contributed by atoms with van der Waals surface area (Å²) in [4.78, 5) is 4.15. The molecule has 3 nitrogen and oxygen atoms in total. The highest BCUT2D eigenvalue weighted by molar-refractivity contribution is 6.31. The zero-order valence-corrected chi connectivity index (χ0v) is 12.0. The number of anilines is 1. The first-order chi connectivity index (χ1) is 9.34. The van der Waals surface area contributed by atoms with Crippen LogP contribution < -0.4 is 10.6 Å². The van der Waals surface area contributed by atoms with Crippen LogP contribution in [0.2, 0.25) is 5.15 Å².